The van der Waals surface area contributed by atoms with E-state index in [0.717, 1.165) is 5.92 Å². The van der Waals surface area contributed by atoms with Gasteiger partial charge in [0.1, 0.15) is 0 Å². The van der Waals surface area contributed by atoms with E-state index < -0.39 is 0 Å². The van der Waals surface area contributed by atoms with Gasteiger partial charge in [-0.25, -0.2) is 0 Å². The zero-order chi connectivity index (χ0) is 15.3. The minimum absolute atomic E-state index is 0.524. The molecule has 1 saturated carbocycles. The first kappa shape index (κ1) is 17.2. The van der Waals surface area contributed by atoms with Gasteiger partial charge in [0.05, 0.1) is 0 Å². The summed E-state index contributed by atoms with van der Waals surface area (Å²) >= 11 is 0. The van der Waals surface area contributed by atoms with Gasteiger partial charge in [-0.3, -0.25) is 0 Å². The van der Waals surface area contributed by atoms with Gasteiger partial charge in [0, 0.05) is 45.3 Å². The van der Waals surface area contributed by atoms with E-state index in [0.29, 0.717) is 11.5 Å². The maximum absolute atomic E-state index is 3.75. The summed E-state index contributed by atoms with van der Waals surface area (Å²) in [6.07, 6.45) is 5.70. The summed E-state index contributed by atoms with van der Waals surface area (Å²) < 4.78 is 0. The number of hydrogen-bond donors (Lipinski definition) is 1. The molecule has 21 heavy (non-hydrogen) atoms. The normalized spacial score (nSPS) is 32.7. The summed E-state index contributed by atoms with van der Waals surface area (Å²) in [5.41, 5.74) is 0.524. The van der Waals surface area contributed by atoms with Crippen LogP contribution in [0, 0.1) is 11.3 Å². The number of piperazine rings is 1. The van der Waals surface area contributed by atoms with Crippen molar-refractivity contribution in [1.82, 2.24) is 15.1 Å². The second-order valence-electron chi connectivity index (χ2n) is 7.95. The maximum atomic E-state index is 3.75. The van der Waals surface area contributed by atoms with Gasteiger partial charge in [0.25, 0.3) is 0 Å². The second kappa shape index (κ2) is 7.94. The van der Waals surface area contributed by atoms with Crippen LogP contribution in [0.25, 0.3) is 0 Å². The third-order valence-electron chi connectivity index (χ3n) is 5.54. The van der Waals surface area contributed by atoms with E-state index in [9.17, 15) is 0 Å². The van der Waals surface area contributed by atoms with Crippen LogP contribution in [-0.4, -0.2) is 61.7 Å². The van der Waals surface area contributed by atoms with E-state index in [1.165, 1.54) is 71.5 Å². The Labute approximate surface area is 132 Å². The first-order chi connectivity index (χ1) is 10.0. The molecule has 0 bridgehead atoms. The molecule has 1 aliphatic carbocycles. The van der Waals surface area contributed by atoms with Gasteiger partial charge in [0.15, 0.2) is 0 Å². The standard InChI is InChI=1S/C18H37N3/c1-5-20-9-11-21(12-10-20)15-18(14-19-16(2)3)8-6-7-17(4)13-18/h16-17,19H,5-15H2,1-4H3. The molecule has 2 rings (SSSR count). The van der Waals surface area contributed by atoms with Crippen molar-refractivity contribution in [3.8, 4) is 0 Å². The molecule has 3 heteroatoms. The molecule has 124 valence electrons. The molecule has 0 aromatic rings. The van der Waals surface area contributed by atoms with Crippen molar-refractivity contribution in [3.05, 3.63) is 0 Å². The Kier molecular flexibility index (Phi) is 6.51. The highest BCUT2D eigenvalue weighted by Crippen LogP contribution is 2.39. The molecule has 2 fully saturated rings. The van der Waals surface area contributed by atoms with E-state index in [2.05, 4.69) is 42.8 Å². The lowest BCUT2D eigenvalue weighted by atomic mass is 9.69. The lowest BCUT2D eigenvalue weighted by molar-refractivity contribution is 0.0492. The molecule has 1 N–H and O–H groups in total. The topological polar surface area (TPSA) is 18.5 Å². The molecule has 2 unspecified atom stereocenters. The predicted molar refractivity (Wildman–Crippen MR) is 91.8 cm³/mol. The first-order valence-corrected chi connectivity index (χ1v) is 9.21. The minimum atomic E-state index is 0.524. The number of nitrogens with one attached hydrogen (secondary N) is 1. The highest BCUT2D eigenvalue weighted by atomic mass is 15.3. The molecule has 0 aromatic carbocycles. The molecule has 0 radical (unpaired) electrons. The van der Waals surface area contributed by atoms with Crippen LogP contribution in [0.2, 0.25) is 0 Å². The minimum Gasteiger partial charge on any atom is -0.314 e. The molecule has 1 aliphatic heterocycles. The van der Waals surface area contributed by atoms with Crippen LogP contribution < -0.4 is 5.32 Å². The molecule has 1 saturated heterocycles. The third kappa shape index (κ3) is 5.22. The summed E-state index contributed by atoms with van der Waals surface area (Å²) in [5, 5.41) is 3.75. The van der Waals surface area contributed by atoms with Gasteiger partial charge in [-0.1, -0.05) is 40.5 Å². The van der Waals surface area contributed by atoms with E-state index >= 15 is 0 Å². The molecule has 0 amide bonds. The number of nitrogens with zero attached hydrogens (tertiary/aromatic N) is 2. The van der Waals surface area contributed by atoms with Crippen LogP contribution in [0.3, 0.4) is 0 Å². The van der Waals surface area contributed by atoms with Crippen LogP contribution in [0.5, 0.6) is 0 Å². The van der Waals surface area contributed by atoms with E-state index in [1.807, 2.05) is 0 Å². The average Bonchev–Trinajstić information content (AvgIpc) is 2.46. The van der Waals surface area contributed by atoms with Crippen molar-refractivity contribution in [2.24, 2.45) is 11.3 Å². The summed E-state index contributed by atoms with van der Waals surface area (Å²) in [7, 11) is 0. The molecule has 2 aliphatic rings. The quantitative estimate of drug-likeness (QED) is 0.813. The van der Waals surface area contributed by atoms with E-state index in [4.69, 9.17) is 0 Å². The average molecular weight is 296 g/mol. The van der Waals surface area contributed by atoms with Crippen LogP contribution in [0.1, 0.15) is 53.4 Å². The smallest absolute Gasteiger partial charge is 0.0110 e. The number of hydrogen-bond acceptors (Lipinski definition) is 3. The van der Waals surface area contributed by atoms with Gasteiger partial charge in [0.2, 0.25) is 0 Å². The SMILES string of the molecule is CCN1CCN(CC2(CNC(C)C)CCCC(C)C2)CC1. The largest absolute Gasteiger partial charge is 0.314 e. The van der Waals surface area contributed by atoms with Crippen molar-refractivity contribution in [1.29, 1.82) is 0 Å². The summed E-state index contributed by atoms with van der Waals surface area (Å²) in [5.74, 6) is 0.907. The number of rotatable bonds is 6. The highest BCUT2D eigenvalue weighted by Gasteiger charge is 2.36. The van der Waals surface area contributed by atoms with Crippen LogP contribution in [-0.2, 0) is 0 Å². The van der Waals surface area contributed by atoms with Crippen LogP contribution in [0.4, 0.5) is 0 Å². The van der Waals surface area contributed by atoms with Crippen molar-refractivity contribution >= 4 is 0 Å². The Morgan fingerprint density at radius 1 is 1.14 bits per heavy atom. The Balaban J connectivity index is 1.92. The van der Waals surface area contributed by atoms with Gasteiger partial charge in [-0.15, -0.1) is 0 Å². The Morgan fingerprint density at radius 3 is 2.38 bits per heavy atom. The Bertz CT molecular complexity index is 297. The predicted octanol–water partition coefficient (Wildman–Crippen LogP) is 2.82. The van der Waals surface area contributed by atoms with Crippen molar-refractivity contribution < 1.29 is 0 Å². The molecule has 0 aromatic heterocycles. The molecular weight excluding hydrogens is 258 g/mol. The van der Waals surface area contributed by atoms with Crippen molar-refractivity contribution in [2.45, 2.75) is 59.4 Å². The van der Waals surface area contributed by atoms with Gasteiger partial charge in [-0.2, -0.15) is 0 Å². The van der Waals surface area contributed by atoms with Crippen LogP contribution in [0.15, 0.2) is 0 Å². The zero-order valence-corrected chi connectivity index (χ0v) is 14.8. The Morgan fingerprint density at radius 2 is 1.81 bits per heavy atom. The second-order valence-corrected chi connectivity index (χ2v) is 7.95. The first-order valence-electron chi connectivity index (χ1n) is 9.21. The maximum Gasteiger partial charge on any atom is 0.0110 e. The Hall–Kier alpha value is -0.120. The van der Waals surface area contributed by atoms with Crippen molar-refractivity contribution in [2.75, 3.05) is 45.8 Å². The fourth-order valence-corrected chi connectivity index (χ4v) is 4.29. The lowest BCUT2D eigenvalue weighted by Crippen LogP contribution is -2.53. The summed E-state index contributed by atoms with van der Waals surface area (Å²) in [6.45, 7) is 18.1. The highest BCUT2D eigenvalue weighted by molar-refractivity contribution is 4.91. The van der Waals surface area contributed by atoms with E-state index in [-0.39, 0.29) is 0 Å². The molecule has 2 atom stereocenters. The molecular formula is C18H37N3. The fourth-order valence-electron chi connectivity index (χ4n) is 4.29. The van der Waals surface area contributed by atoms with Gasteiger partial charge in [-0.05, 0) is 30.7 Å². The van der Waals surface area contributed by atoms with Gasteiger partial charge < -0.3 is 15.1 Å². The molecule has 1 heterocycles. The van der Waals surface area contributed by atoms with Crippen LogP contribution >= 0.6 is 0 Å². The molecule has 0 spiro atoms. The van der Waals surface area contributed by atoms with E-state index in [1.54, 1.807) is 0 Å². The van der Waals surface area contributed by atoms with Gasteiger partial charge >= 0.3 is 0 Å². The fraction of sp³-hybridized carbons (Fsp3) is 1.00. The zero-order valence-electron chi connectivity index (χ0n) is 14.8. The number of likely N-dealkylation sites (N-methyl/N-ethyl adjacent to an activating group) is 1. The lowest BCUT2D eigenvalue weighted by Gasteiger charge is -2.46. The summed E-state index contributed by atoms with van der Waals surface area (Å²) in [6, 6.07) is 0.607. The monoisotopic (exact) mass is 295 g/mol. The summed E-state index contributed by atoms with van der Waals surface area (Å²) in [4.78, 5) is 5.32. The van der Waals surface area contributed by atoms with Crippen molar-refractivity contribution in [3.63, 3.8) is 0 Å². The third-order valence-corrected chi connectivity index (χ3v) is 5.54. The molecule has 3 nitrogen and oxygen atoms in total.